The minimum atomic E-state index is -0.247. The summed E-state index contributed by atoms with van der Waals surface area (Å²) < 4.78 is 0. The number of hydrogen-bond acceptors (Lipinski definition) is 4. The second-order valence-corrected chi connectivity index (χ2v) is 7.49. The Morgan fingerprint density at radius 1 is 1.11 bits per heavy atom. The zero-order valence-electron chi connectivity index (χ0n) is 15.2. The molecule has 1 aromatic carbocycles. The molecular formula is C22H19N3O2S. The molecule has 0 spiro atoms. The smallest absolute Gasteiger partial charge is 0.274 e. The van der Waals surface area contributed by atoms with Gasteiger partial charge in [-0.1, -0.05) is 18.2 Å². The van der Waals surface area contributed by atoms with Crippen LogP contribution in [0.2, 0.25) is 0 Å². The van der Waals surface area contributed by atoms with E-state index in [4.69, 9.17) is 0 Å². The Balaban J connectivity index is 1.45. The van der Waals surface area contributed by atoms with E-state index in [1.54, 1.807) is 41.8 Å². The van der Waals surface area contributed by atoms with Crippen LogP contribution in [0.15, 0.2) is 66.2 Å². The van der Waals surface area contributed by atoms with Gasteiger partial charge in [0.2, 0.25) is 5.91 Å². The van der Waals surface area contributed by atoms with Crippen LogP contribution in [-0.2, 0) is 17.8 Å². The van der Waals surface area contributed by atoms with Crippen LogP contribution < -0.4 is 5.32 Å². The summed E-state index contributed by atoms with van der Waals surface area (Å²) in [7, 11) is 0. The third-order valence-electron chi connectivity index (χ3n) is 4.62. The van der Waals surface area contributed by atoms with Gasteiger partial charge in [-0.2, -0.15) is 0 Å². The number of thiophene rings is 1. The monoisotopic (exact) mass is 389 g/mol. The lowest BCUT2D eigenvalue weighted by Crippen LogP contribution is -2.34. The molecule has 0 bridgehead atoms. The molecule has 0 fully saturated rings. The lowest BCUT2D eigenvalue weighted by molar-refractivity contribution is -0.126. The Hall–Kier alpha value is -3.25. The lowest BCUT2D eigenvalue weighted by atomic mass is 9.99. The first-order chi connectivity index (χ1) is 13.7. The molecule has 1 aliphatic heterocycles. The number of carbonyl (C=O) groups excluding carboxylic acids is 2. The second-order valence-electron chi connectivity index (χ2n) is 6.51. The average molecular weight is 389 g/mol. The number of anilines is 1. The molecule has 2 amide bonds. The van der Waals surface area contributed by atoms with E-state index in [1.807, 2.05) is 46.7 Å². The quantitative estimate of drug-likeness (QED) is 0.686. The van der Waals surface area contributed by atoms with Crippen molar-refractivity contribution in [2.75, 3.05) is 11.9 Å². The van der Waals surface area contributed by atoms with Gasteiger partial charge in [0.25, 0.3) is 5.91 Å². The minimum Gasteiger partial charge on any atom is -0.334 e. The van der Waals surface area contributed by atoms with Gasteiger partial charge in [-0.15, -0.1) is 11.3 Å². The highest BCUT2D eigenvalue weighted by Gasteiger charge is 2.20. The van der Waals surface area contributed by atoms with Gasteiger partial charge in [-0.25, -0.2) is 0 Å². The fourth-order valence-electron chi connectivity index (χ4n) is 3.16. The number of amides is 2. The number of hydrogen-bond donors (Lipinski definition) is 1. The number of rotatable bonds is 4. The van der Waals surface area contributed by atoms with Crippen molar-refractivity contribution in [3.8, 4) is 0 Å². The molecule has 4 rings (SSSR count). The van der Waals surface area contributed by atoms with Gasteiger partial charge in [-0.05, 0) is 59.3 Å². The van der Waals surface area contributed by atoms with Crippen LogP contribution in [0.25, 0.3) is 6.08 Å². The summed E-state index contributed by atoms with van der Waals surface area (Å²) in [5.74, 6) is -0.245. The zero-order valence-corrected chi connectivity index (χ0v) is 16.0. The lowest BCUT2D eigenvalue weighted by Gasteiger charge is -2.28. The molecule has 0 saturated carbocycles. The van der Waals surface area contributed by atoms with Gasteiger partial charge >= 0.3 is 0 Å². The van der Waals surface area contributed by atoms with Crippen molar-refractivity contribution < 1.29 is 9.59 Å². The molecule has 2 aromatic heterocycles. The van der Waals surface area contributed by atoms with Crippen molar-refractivity contribution >= 4 is 34.9 Å². The summed E-state index contributed by atoms with van der Waals surface area (Å²) in [6, 6.07) is 15.0. The Morgan fingerprint density at radius 2 is 2.04 bits per heavy atom. The van der Waals surface area contributed by atoms with Crippen LogP contribution in [0.5, 0.6) is 0 Å². The van der Waals surface area contributed by atoms with E-state index in [-0.39, 0.29) is 11.8 Å². The normalized spacial score (nSPS) is 13.4. The van der Waals surface area contributed by atoms with E-state index in [9.17, 15) is 9.59 Å². The number of nitrogens with zero attached hydrogens (tertiary/aromatic N) is 2. The maximum absolute atomic E-state index is 12.5. The van der Waals surface area contributed by atoms with E-state index in [0.29, 0.717) is 24.5 Å². The third kappa shape index (κ3) is 4.18. The molecule has 3 heterocycles. The van der Waals surface area contributed by atoms with Gasteiger partial charge in [0, 0.05) is 35.9 Å². The minimum absolute atomic E-state index is 0.00183. The van der Waals surface area contributed by atoms with E-state index < -0.39 is 0 Å². The Morgan fingerprint density at radius 3 is 2.82 bits per heavy atom. The van der Waals surface area contributed by atoms with Crippen molar-refractivity contribution in [1.82, 2.24) is 9.88 Å². The van der Waals surface area contributed by atoms with Gasteiger partial charge in [-0.3, -0.25) is 14.6 Å². The van der Waals surface area contributed by atoms with Crippen molar-refractivity contribution in [2.45, 2.75) is 13.0 Å². The number of pyridine rings is 1. The molecule has 1 N–H and O–H groups in total. The topological polar surface area (TPSA) is 62.3 Å². The number of nitrogens with one attached hydrogen (secondary N) is 1. The van der Waals surface area contributed by atoms with Gasteiger partial charge in [0.1, 0.15) is 5.69 Å². The highest BCUT2D eigenvalue weighted by molar-refractivity contribution is 7.10. The highest BCUT2D eigenvalue weighted by atomic mass is 32.1. The first-order valence-electron chi connectivity index (χ1n) is 9.04. The molecule has 1 aliphatic rings. The molecule has 0 radical (unpaired) electrons. The van der Waals surface area contributed by atoms with Crippen LogP contribution >= 0.6 is 11.3 Å². The van der Waals surface area contributed by atoms with E-state index >= 15 is 0 Å². The summed E-state index contributed by atoms with van der Waals surface area (Å²) in [5.41, 5.74) is 3.35. The highest BCUT2D eigenvalue weighted by Crippen LogP contribution is 2.23. The fraction of sp³-hybridized carbons (Fsp3) is 0.136. The standard InChI is InChI=1S/C22H19N3O2S/c26-21(9-8-19-4-3-13-28-19)25-12-10-16-6-7-18(14-17(16)15-25)24-22(27)20-5-1-2-11-23-20/h1-9,11,13-14H,10,12,15H2,(H,24,27). The van der Waals surface area contributed by atoms with Crippen LogP contribution in [0.3, 0.4) is 0 Å². The van der Waals surface area contributed by atoms with Crippen molar-refractivity contribution in [3.63, 3.8) is 0 Å². The summed E-state index contributed by atoms with van der Waals surface area (Å²) >= 11 is 1.60. The van der Waals surface area contributed by atoms with Crippen LogP contribution in [0.1, 0.15) is 26.5 Å². The molecule has 6 heteroatoms. The molecule has 28 heavy (non-hydrogen) atoms. The fourth-order valence-corrected chi connectivity index (χ4v) is 3.78. The van der Waals surface area contributed by atoms with E-state index in [1.165, 1.54) is 5.56 Å². The maximum atomic E-state index is 12.5. The molecule has 0 atom stereocenters. The average Bonchev–Trinajstić information content (AvgIpc) is 3.26. The second kappa shape index (κ2) is 8.19. The predicted octanol–water partition coefficient (Wildman–Crippen LogP) is 3.99. The molecule has 140 valence electrons. The Labute approximate surface area is 167 Å². The predicted molar refractivity (Wildman–Crippen MR) is 111 cm³/mol. The largest absolute Gasteiger partial charge is 0.334 e. The summed E-state index contributed by atoms with van der Waals surface area (Å²) in [4.78, 5) is 31.8. The number of carbonyl (C=O) groups is 2. The van der Waals surface area contributed by atoms with Crippen LogP contribution in [-0.4, -0.2) is 28.2 Å². The van der Waals surface area contributed by atoms with Gasteiger partial charge in [0.15, 0.2) is 0 Å². The molecule has 0 unspecified atom stereocenters. The van der Waals surface area contributed by atoms with Crippen molar-refractivity contribution in [1.29, 1.82) is 0 Å². The summed E-state index contributed by atoms with van der Waals surface area (Å²) in [6.07, 6.45) is 5.88. The van der Waals surface area contributed by atoms with Crippen LogP contribution in [0, 0.1) is 0 Å². The van der Waals surface area contributed by atoms with Gasteiger partial charge in [0.05, 0.1) is 0 Å². The maximum Gasteiger partial charge on any atom is 0.274 e. The van der Waals surface area contributed by atoms with Gasteiger partial charge < -0.3 is 10.2 Å². The number of fused-ring (bicyclic) bond motifs is 1. The van der Waals surface area contributed by atoms with Crippen molar-refractivity contribution in [3.05, 3.63) is 87.9 Å². The summed E-state index contributed by atoms with van der Waals surface area (Å²) in [6.45, 7) is 1.23. The molecule has 5 nitrogen and oxygen atoms in total. The molecular weight excluding hydrogens is 370 g/mol. The molecule has 0 aliphatic carbocycles. The Bertz CT molecular complexity index is 1010. The number of benzene rings is 1. The van der Waals surface area contributed by atoms with E-state index in [2.05, 4.69) is 10.3 Å². The zero-order chi connectivity index (χ0) is 19.3. The molecule has 3 aromatic rings. The first kappa shape index (κ1) is 18.1. The third-order valence-corrected chi connectivity index (χ3v) is 5.46. The SMILES string of the molecule is O=C(Nc1ccc2c(c1)CN(C(=O)C=Cc1cccs1)CC2)c1ccccn1. The Kier molecular flexibility index (Phi) is 5.30. The molecule has 0 saturated heterocycles. The number of aromatic nitrogens is 1. The summed E-state index contributed by atoms with van der Waals surface area (Å²) in [5, 5.41) is 4.87. The van der Waals surface area contributed by atoms with E-state index in [0.717, 1.165) is 16.9 Å². The van der Waals surface area contributed by atoms with Crippen molar-refractivity contribution in [2.24, 2.45) is 0 Å². The first-order valence-corrected chi connectivity index (χ1v) is 9.92. The van der Waals surface area contributed by atoms with Crippen LogP contribution in [0.4, 0.5) is 5.69 Å².